The fourth-order valence-corrected chi connectivity index (χ4v) is 6.88. The molecule has 4 unspecified atom stereocenters. The second kappa shape index (κ2) is 11.1. The Bertz CT molecular complexity index is 1340. The number of primary amides is 1. The van der Waals surface area contributed by atoms with E-state index in [4.69, 9.17) is 5.73 Å². The lowest BCUT2D eigenvalue weighted by Crippen LogP contribution is -2.63. The van der Waals surface area contributed by atoms with Crippen molar-refractivity contribution >= 4 is 23.2 Å². The molecule has 1 aromatic carbocycles. The molecule has 41 heavy (non-hydrogen) atoms. The first-order chi connectivity index (χ1) is 19.2. The molecule has 1 aromatic rings. The summed E-state index contributed by atoms with van der Waals surface area (Å²) in [4.78, 5) is 43.1. The van der Waals surface area contributed by atoms with Gasteiger partial charge in [-0.2, -0.15) is 0 Å². The third-order valence-electron chi connectivity index (χ3n) is 9.16. The van der Waals surface area contributed by atoms with Crippen molar-refractivity contribution in [3.63, 3.8) is 0 Å². The molecular weight excluding hydrogens is 528 g/mol. The van der Waals surface area contributed by atoms with Crippen LogP contribution in [0.5, 0.6) is 5.75 Å². The summed E-state index contributed by atoms with van der Waals surface area (Å²) in [6.45, 7) is 5.31. The Morgan fingerprint density at radius 1 is 1.15 bits per heavy atom. The maximum atomic E-state index is 14.1. The number of benzene rings is 1. The van der Waals surface area contributed by atoms with Gasteiger partial charge in [0.25, 0.3) is 5.91 Å². The van der Waals surface area contributed by atoms with Crippen LogP contribution in [0.3, 0.4) is 0 Å². The van der Waals surface area contributed by atoms with Gasteiger partial charge in [0, 0.05) is 43.4 Å². The van der Waals surface area contributed by atoms with E-state index in [1.807, 2.05) is 25.1 Å². The number of aliphatic hydroxyl groups excluding tert-OH is 2. The standard InChI is InChI=1S/C30H42N4O7/c1-7-14(8-2)12-32-13-16-11-19(33(3)4)17-9-15-10-18-23(34(5)6)26(37)22(29(31)40)28(39)30(18,41)27(38)20(15)25(36)21(17)24(16)35/h11,14-15,18,23,32,35,37-38,41H,7-10,12-13H2,1-6H3,(H2,31,40). The topological polar surface area (TPSA) is 177 Å². The highest BCUT2D eigenvalue weighted by Crippen LogP contribution is 2.53. The Kier molecular flexibility index (Phi) is 8.28. The monoisotopic (exact) mass is 570 g/mol. The Labute approximate surface area is 240 Å². The van der Waals surface area contributed by atoms with Crippen LogP contribution < -0.4 is 16.0 Å². The number of likely N-dealkylation sites (N-methyl/N-ethyl adjacent to an activating group) is 1. The third kappa shape index (κ3) is 4.69. The molecule has 224 valence electrons. The number of allylic oxidation sites excluding steroid dienone is 1. The molecule has 11 heteroatoms. The largest absolute Gasteiger partial charge is 0.510 e. The Hall–Kier alpha value is -3.41. The van der Waals surface area contributed by atoms with Gasteiger partial charge in [-0.25, -0.2) is 0 Å². The van der Waals surface area contributed by atoms with Crippen molar-refractivity contribution in [3.05, 3.63) is 45.4 Å². The Morgan fingerprint density at radius 2 is 1.78 bits per heavy atom. The van der Waals surface area contributed by atoms with Crippen molar-refractivity contribution < 1.29 is 34.8 Å². The summed E-state index contributed by atoms with van der Waals surface area (Å²) in [6.07, 6.45) is 2.32. The number of hydrogen-bond donors (Lipinski definition) is 6. The molecule has 0 aliphatic heterocycles. The molecule has 0 spiro atoms. The molecular formula is C30H42N4O7. The smallest absolute Gasteiger partial charge is 0.255 e. The van der Waals surface area contributed by atoms with Crippen molar-refractivity contribution in [1.29, 1.82) is 0 Å². The summed E-state index contributed by atoms with van der Waals surface area (Å²) in [5.41, 5.74) is 3.66. The van der Waals surface area contributed by atoms with Gasteiger partial charge in [-0.05, 0) is 56.9 Å². The first-order valence-electron chi connectivity index (χ1n) is 14.1. The summed E-state index contributed by atoms with van der Waals surface area (Å²) < 4.78 is 0. The van der Waals surface area contributed by atoms with E-state index in [0.29, 0.717) is 23.6 Å². The first kappa shape index (κ1) is 30.5. The number of rotatable bonds is 9. The number of fused-ring (bicyclic) bond motifs is 3. The van der Waals surface area contributed by atoms with Gasteiger partial charge >= 0.3 is 0 Å². The number of hydrogen-bond acceptors (Lipinski definition) is 10. The fourth-order valence-electron chi connectivity index (χ4n) is 6.88. The normalized spacial score (nSPS) is 25.9. The van der Waals surface area contributed by atoms with Gasteiger partial charge in [-0.3, -0.25) is 19.3 Å². The maximum absolute atomic E-state index is 14.1. The van der Waals surface area contributed by atoms with Crippen LogP contribution in [0.2, 0.25) is 0 Å². The van der Waals surface area contributed by atoms with Crippen molar-refractivity contribution in [2.24, 2.45) is 23.5 Å². The number of carbonyl (C=O) groups excluding carboxylic acids is 3. The molecule has 3 aliphatic rings. The molecule has 0 radical (unpaired) electrons. The van der Waals surface area contributed by atoms with Crippen molar-refractivity contribution in [1.82, 2.24) is 10.2 Å². The zero-order valence-electron chi connectivity index (χ0n) is 24.6. The number of nitrogens with two attached hydrogens (primary N) is 1. The number of aromatic hydroxyl groups is 1. The van der Waals surface area contributed by atoms with Gasteiger partial charge in [0.2, 0.25) is 5.78 Å². The quantitative estimate of drug-likeness (QED) is 0.240. The number of ketones is 2. The molecule has 0 bridgehead atoms. The Balaban J connectivity index is 1.86. The van der Waals surface area contributed by atoms with Gasteiger partial charge in [0.1, 0.15) is 22.8 Å². The molecule has 7 N–H and O–H groups in total. The van der Waals surface area contributed by atoms with Gasteiger partial charge in [-0.15, -0.1) is 0 Å². The number of aliphatic hydroxyl groups is 3. The van der Waals surface area contributed by atoms with E-state index in [0.717, 1.165) is 25.1 Å². The van der Waals surface area contributed by atoms with Crippen LogP contribution in [0.15, 0.2) is 28.7 Å². The number of amides is 1. The molecule has 0 saturated carbocycles. The average Bonchev–Trinajstić information content (AvgIpc) is 2.89. The predicted molar refractivity (Wildman–Crippen MR) is 154 cm³/mol. The molecule has 1 amide bonds. The molecule has 0 saturated heterocycles. The van der Waals surface area contributed by atoms with Gasteiger partial charge < -0.3 is 36.4 Å². The van der Waals surface area contributed by atoms with E-state index in [1.54, 1.807) is 14.1 Å². The summed E-state index contributed by atoms with van der Waals surface area (Å²) in [5.74, 6) is -6.03. The van der Waals surface area contributed by atoms with E-state index < -0.39 is 58.0 Å². The van der Waals surface area contributed by atoms with Gasteiger partial charge in [0.05, 0.1) is 11.6 Å². The zero-order chi connectivity index (χ0) is 30.5. The van der Waals surface area contributed by atoms with Gasteiger partial charge in [-0.1, -0.05) is 26.7 Å². The molecule has 0 aromatic heterocycles. The van der Waals surface area contributed by atoms with Crippen molar-refractivity contribution in [2.45, 2.75) is 57.7 Å². The first-order valence-corrected chi connectivity index (χ1v) is 14.1. The highest BCUT2D eigenvalue weighted by atomic mass is 16.3. The minimum Gasteiger partial charge on any atom is -0.510 e. The molecule has 0 heterocycles. The molecule has 3 aliphatic carbocycles. The second-order valence-corrected chi connectivity index (χ2v) is 11.9. The third-order valence-corrected chi connectivity index (χ3v) is 9.16. The van der Waals surface area contributed by atoms with E-state index >= 15 is 0 Å². The van der Waals surface area contributed by atoms with E-state index in [9.17, 15) is 34.8 Å². The highest BCUT2D eigenvalue weighted by molar-refractivity contribution is 6.24. The lowest BCUT2D eigenvalue weighted by Gasteiger charge is -2.50. The number of Topliss-reactive ketones (excluding diaryl/α,β-unsaturated/α-hetero) is 2. The minimum absolute atomic E-state index is 0.0244. The molecule has 11 nitrogen and oxygen atoms in total. The number of nitrogens with one attached hydrogen (secondary N) is 1. The maximum Gasteiger partial charge on any atom is 0.255 e. The van der Waals surface area contributed by atoms with Crippen LogP contribution in [0.4, 0.5) is 5.69 Å². The van der Waals surface area contributed by atoms with Crippen LogP contribution in [0.1, 0.15) is 54.6 Å². The predicted octanol–water partition coefficient (Wildman–Crippen LogP) is 1.71. The average molecular weight is 571 g/mol. The Morgan fingerprint density at radius 3 is 2.32 bits per heavy atom. The summed E-state index contributed by atoms with van der Waals surface area (Å²) in [6, 6.07) is 0.834. The summed E-state index contributed by atoms with van der Waals surface area (Å²) in [5, 5.41) is 48.9. The lowest BCUT2D eigenvalue weighted by atomic mass is 9.58. The van der Waals surface area contributed by atoms with Gasteiger partial charge in [0.15, 0.2) is 11.4 Å². The van der Waals surface area contributed by atoms with Crippen LogP contribution in [0, 0.1) is 17.8 Å². The number of phenolic OH excluding ortho intramolecular Hbond substituents is 1. The van der Waals surface area contributed by atoms with Crippen molar-refractivity contribution in [2.75, 3.05) is 39.6 Å². The second-order valence-electron chi connectivity index (χ2n) is 11.9. The highest BCUT2D eigenvalue weighted by Gasteiger charge is 2.63. The number of nitrogens with zero attached hydrogens (tertiary/aromatic N) is 2. The van der Waals surface area contributed by atoms with E-state index in [-0.39, 0.29) is 29.7 Å². The van der Waals surface area contributed by atoms with E-state index in [1.165, 1.54) is 4.90 Å². The van der Waals surface area contributed by atoms with Crippen molar-refractivity contribution in [3.8, 4) is 5.75 Å². The van der Waals surface area contributed by atoms with Crippen LogP contribution >= 0.6 is 0 Å². The molecule has 4 rings (SSSR count). The minimum atomic E-state index is -2.65. The SMILES string of the molecule is CCC(CC)CNCc1cc(N(C)C)c2c(c1O)C(=O)C1=C(O)C3(O)C(=O)C(C(N)=O)=C(O)C(N(C)C)C3CC1C2. The summed E-state index contributed by atoms with van der Waals surface area (Å²) in [7, 11) is 6.90. The zero-order valence-corrected chi connectivity index (χ0v) is 24.6. The van der Waals surface area contributed by atoms with Crippen LogP contribution in [-0.4, -0.2) is 89.2 Å². The molecule has 4 atom stereocenters. The van der Waals surface area contributed by atoms with E-state index in [2.05, 4.69) is 19.2 Å². The summed E-state index contributed by atoms with van der Waals surface area (Å²) >= 11 is 0. The van der Waals surface area contributed by atoms with Crippen LogP contribution in [-0.2, 0) is 22.6 Å². The lowest BCUT2D eigenvalue weighted by molar-refractivity contribution is -0.148. The fraction of sp³-hybridized carbons (Fsp3) is 0.567. The number of carbonyl (C=O) groups is 3. The molecule has 0 fully saturated rings. The number of phenols is 1. The van der Waals surface area contributed by atoms with Crippen LogP contribution in [0.25, 0.3) is 0 Å². The number of anilines is 1.